The molecular formula is C23H38F2P2. The number of alkyl halides is 2. The minimum absolute atomic E-state index is 0.0338. The van der Waals surface area contributed by atoms with Crippen molar-refractivity contribution in [3.63, 3.8) is 0 Å². The van der Waals surface area contributed by atoms with Crippen molar-refractivity contribution in [3.8, 4) is 0 Å². The molecule has 0 nitrogen and oxygen atoms in total. The van der Waals surface area contributed by atoms with E-state index >= 15 is 0 Å². The fraction of sp³-hybridized carbons (Fsp3) is 0.826. The molecule has 2 saturated carbocycles. The molecule has 0 aliphatic heterocycles. The monoisotopic (exact) mass is 414 g/mol. The van der Waals surface area contributed by atoms with Gasteiger partial charge in [0.25, 0.3) is 0 Å². The van der Waals surface area contributed by atoms with E-state index in [2.05, 4.69) is 25.2 Å². The van der Waals surface area contributed by atoms with Crippen molar-refractivity contribution in [2.24, 2.45) is 0 Å². The highest BCUT2D eigenvalue weighted by atomic mass is 31.1. The molecule has 154 valence electrons. The number of rotatable bonds is 9. The topological polar surface area (TPSA) is 0 Å². The standard InChI is InChI=1S/C23H38F2P2/c1-2-21(20(25)16-17-24)26-22-14-9-15-23(22)27(18-10-5-3-6-11-18)19-12-7-4-8-13-19/h9,14-15,18-22,26H,2-8,10-13,16-17H2,1H3. The minimum atomic E-state index is -0.968. The van der Waals surface area contributed by atoms with E-state index < -0.39 is 12.8 Å². The van der Waals surface area contributed by atoms with Crippen molar-refractivity contribution in [2.75, 3.05) is 6.67 Å². The van der Waals surface area contributed by atoms with Crippen LogP contribution < -0.4 is 0 Å². The van der Waals surface area contributed by atoms with E-state index in [9.17, 15) is 8.78 Å². The lowest BCUT2D eigenvalue weighted by atomic mass is 9.99. The van der Waals surface area contributed by atoms with Gasteiger partial charge in [-0.1, -0.05) is 71.6 Å². The van der Waals surface area contributed by atoms with Crippen LogP contribution in [0.25, 0.3) is 0 Å². The molecule has 2 fully saturated rings. The molecule has 0 heterocycles. The fourth-order valence-corrected chi connectivity index (χ4v) is 11.5. The van der Waals surface area contributed by atoms with E-state index in [0.717, 1.165) is 17.7 Å². The highest BCUT2D eigenvalue weighted by Crippen LogP contribution is 2.64. The van der Waals surface area contributed by atoms with Gasteiger partial charge in [-0.3, -0.25) is 4.39 Å². The van der Waals surface area contributed by atoms with Crippen molar-refractivity contribution < 1.29 is 8.78 Å². The van der Waals surface area contributed by atoms with Gasteiger partial charge in [0.15, 0.2) is 0 Å². The van der Waals surface area contributed by atoms with Crippen LogP contribution in [-0.4, -0.2) is 35.5 Å². The van der Waals surface area contributed by atoms with Crippen LogP contribution in [0, 0.1) is 0 Å². The minimum Gasteiger partial charge on any atom is -0.251 e. The molecule has 0 aromatic heterocycles. The van der Waals surface area contributed by atoms with Gasteiger partial charge in [0.2, 0.25) is 0 Å². The lowest BCUT2D eigenvalue weighted by Gasteiger charge is -2.41. The Morgan fingerprint density at radius 2 is 1.63 bits per heavy atom. The summed E-state index contributed by atoms with van der Waals surface area (Å²) < 4.78 is 27.2. The molecule has 27 heavy (non-hydrogen) atoms. The van der Waals surface area contributed by atoms with Crippen LogP contribution in [0.3, 0.4) is 0 Å². The summed E-state index contributed by atoms with van der Waals surface area (Å²) in [6, 6.07) is 0. The molecule has 4 atom stereocenters. The first-order valence-electron chi connectivity index (χ1n) is 11.4. The van der Waals surface area contributed by atoms with Crippen LogP contribution in [0.4, 0.5) is 8.78 Å². The average molecular weight is 415 g/mol. The van der Waals surface area contributed by atoms with E-state index in [1.54, 1.807) is 5.31 Å². The van der Waals surface area contributed by atoms with Gasteiger partial charge in [0, 0.05) is 17.7 Å². The highest BCUT2D eigenvalue weighted by molar-refractivity contribution is 7.64. The predicted octanol–water partition coefficient (Wildman–Crippen LogP) is 8.11. The van der Waals surface area contributed by atoms with Crippen LogP contribution >= 0.6 is 16.5 Å². The first kappa shape index (κ1) is 21.9. The molecule has 4 unspecified atom stereocenters. The van der Waals surface area contributed by atoms with Crippen molar-refractivity contribution >= 4 is 16.5 Å². The Balaban J connectivity index is 1.73. The molecule has 4 heteroatoms. The molecule has 0 aromatic rings. The van der Waals surface area contributed by atoms with E-state index in [1.807, 2.05) is 0 Å². The first-order chi connectivity index (χ1) is 13.2. The summed E-state index contributed by atoms with van der Waals surface area (Å²) in [6.07, 6.45) is 21.1. The van der Waals surface area contributed by atoms with Gasteiger partial charge in [-0.15, -0.1) is 8.58 Å². The second-order valence-corrected chi connectivity index (χ2v) is 13.1. The second kappa shape index (κ2) is 11.4. The Bertz CT molecular complexity index is 475. The third-order valence-electron chi connectivity index (χ3n) is 6.78. The Hall–Kier alpha value is 0.200. The lowest BCUT2D eigenvalue weighted by molar-refractivity contribution is 0.273. The first-order valence-corrected chi connectivity index (χ1v) is 14.0. The summed E-state index contributed by atoms with van der Waals surface area (Å²) in [4.78, 5) is 0. The number of hydrogen-bond acceptors (Lipinski definition) is 0. The van der Waals surface area contributed by atoms with Gasteiger partial charge in [0.1, 0.15) is 6.17 Å². The molecule has 0 spiro atoms. The quantitative estimate of drug-likeness (QED) is 0.334. The van der Waals surface area contributed by atoms with Crippen molar-refractivity contribution in [1.29, 1.82) is 0 Å². The molecule has 3 aliphatic carbocycles. The summed E-state index contributed by atoms with van der Waals surface area (Å²) in [5, 5.41) is 1.69. The maximum absolute atomic E-state index is 14.5. The molecule has 0 bridgehead atoms. The van der Waals surface area contributed by atoms with Crippen LogP contribution in [0.15, 0.2) is 23.5 Å². The highest BCUT2D eigenvalue weighted by Gasteiger charge is 2.37. The summed E-state index contributed by atoms with van der Waals surface area (Å²) >= 11 is 0. The third-order valence-corrected chi connectivity index (χ3v) is 12.7. The Morgan fingerprint density at radius 1 is 1.04 bits per heavy atom. The van der Waals surface area contributed by atoms with Crippen molar-refractivity contribution in [3.05, 3.63) is 23.5 Å². The average Bonchev–Trinajstić information content (AvgIpc) is 3.16. The van der Waals surface area contributed by atoms with Crippen LogP contribution in [0.5, 0.6) is 0 Å². The summed E-state index contributed by atoms with van der Waals surface area (Å²) in [5.41, 5.74) is 2.29. The zero-order valence-electron chi connectivity index (χ0n) is 17.0. The molecular weight excluding hydrogens is 376 g/mol. The van der Waals surface area contributed by atoms with Crippen molar-refractivity contribution in [2.45, 2.75) is 113 Å². The summed E-state index contributed by atoms with van der Waals surface area (Å²) in [7, 11) is 0.497. The Kier molecular flexibility index (Phi) is 9.25. The molecule has 0 amide bonds. The third kappa shape index (κ3) is 5.85. The molecule has 0 saturated heterocycles. The SMILES string of the molecule is CCC(PC1C=CC=C1P(C1CCCCC1)C1CCCCC1)C(F)CCF. The largest absolute Gasteiger partial charge is 0.251 e. The number of halogens is 2. The van der Waals surface area contributed by atoms with Crippen LogP contribution in [-0.2, 0) is 0 Å². The van der Waals surface area contributed by atoms with Crippen LogP contribution in [0.1, 0.15) is 84.0 Å². The van der Waals surface area contributed by atoms with Crippen LogP contribution in [0.2, 0.25) is 0 Å². The van der Waals surface area contributed by atoms with E-state index in [-0.39, 0.29) is 20.0 Å². The molecule has 0 aromatic carbocycles. The normalized spacial score (nSPS) is 27.6. The maximum atomic E-state index is 14.5. The van der Waals surface area contributed by atoms with E-state index in [0.29, 0.717) is 14.2 Å². The molecule has 3 aliphatic rings. The number of hydrogen-bond donors (Lipinski definition) is 0. The summed E-state index contributed by atoms with van der Waals surface area (Å²) in [6.45, 7) is 1.55. The van der Waals surface area contributed by atoms with Gasteiger partial charge >= 0.3 is 0 Å². The van der Waals surface area contributed by atoms with Crippen molar-refractivity contribution in [1.82, 2.24) is 0 Å². The zero-order chi connectivity index (χ0) is 19.1. The Morgan fingerprint density at radius 3 is 2.15 bits per heavy atom. The van der Waals surface area contributed by atoms with Gasteiger partial charge in [-0.2, -0.15) is 0 Å². The van der Waals surface area contributed by atoms with E-state index in [1.165, 1.54) is 64.2 Å². The summed E-state index contributed by atoms with van der Waals surface area (Å²) in [5.74, 6) is 0. The predicted molar refractivity (Wildman–Crippen MR) is 120 cm³/mol. The van der Waals surface area contributed by atoms with Gasteiger partial charge in [0.05, 0.1) is 6.67 Å². The smallest absolute Gasteiger partial charge is 0.109 e. The molecule has 0 radical (unpaired) electrons. The molecule has 3 rings (SSSR count). The van der Waals surface area contributed by atoms with Gasteiger partial charge < -0.3 is 0 Å². The fourth-order valence-electron chi connectivity index (χ4n) is 5.31. The molecule has 0 N–H and O–H groups in total. The van der Waals surface area contributed by atoms with Gasteiger partial charge in [-0.25, -0.2) is 4.39 Å². The maximum Gasteiger partial charge on any atom is 0.109 e. The second-order valence-electron chi connectivity index (χ2n) is 8.62. The number of allylic oxidation sites excluding steroid dienone is 4. The van der Waals surface area contributed by atoms with Gasteiger partial charge in [-0.05, 0) is 48.7 Å². The Labute approximate surface area is 168 Å². The van der Waals surface area contributed by atoms with E-state index in [4.69, 9.17) is 0 Å². The lowest BCUT2D eigenvalue weighted by Crippen LogP contribution is -2.24. The zero-order valence-corrected chi connectivity index (χ0v) is 18.9.